The van der Waals surface area contributed by atoms with Crippen LogP contribution in [0.5, 0.6) is 0 Å². The van der Waals surface area contributed by atoms with E-state index in [1.807, 2.05) is 0 Å². The van der Waals surface area contributed by atoms with Gasteiger partial charge in [-0.25, -0.2) is 9.18 Å². The Labute approximate surface area is 111 Å². The summed E-state index contributed by atoms with van der Waals surface area (Å²) in [7, 11) is 0. The lowest BCUT2D eigenvalue weighted by Crippen LogP contribution is -2.38. The van der Waals surface area contributed by atoms with Crippen LogP contribution in [-0.2, 0) is 6.54 Å². The van der Waals surface area contributed by atoms with Gasteiger partial charge in [0.2, 0.25) is 0 Å². The van der Waals surface area contributed by atoms with Gasteiger partial charge in [-0.05, 0) is 24.6 Å². The van der Waals surface area contributed by atoms with E-state index in [0.717, 1.165) is 5.56 Å². The van der Waals surface area contributed by atoms with Crippen molar-refractivity contribution in [3.63, 3.8) is 0 Å². The zero-order valence-corrected chi connectivity index (χ0v) is 10.6. The zero-order chi connectivity index (χ0) is 14.3. The molecule has 102 valence electrons. The summed E-state index contributed by atoms with van der Waals surface area (Å²) in [5.74, 6) is 5.15. The third-order valence-corrected chi connectivity index (χ3v) is 2.36. The lowest BCUT2D eigenvalue weighted by Gasteiger charge is -2.14. The molecule has 6 heteroatoms. The normalized spacial score (nSPS) is 11.3. The standard InChI is InChI=1S/C13H16FN3O2/c1-10(17(19)13(15)18)3-2-8-16-9-11-4-6-12(14)7-5-11/h4-7,10,16,19H,8-9H2,1H3,(H2,15,18). The van der Waals surface area contributed by atoms with Gasteiger partial charge in [0.1, 0.15) is 11.9 Å². The fourth-order valence-corrected chi connectivity index (χ4v) is 1.32. The average molecular weight is 265 g/mol. The first-order chi connectivity index (χ1) is 9.00. The number of carbonyl (C=O) groups excluding carboxylic acids is 1. The van der Waals surface area contributed by atoms with E-state index >= 15 is 0 Å². The number of urea groups is 1. The third-order valence-electron chi connectivity index (χ3n) is 2.36. The molecule has 0 aromatic heterocycles. The van der Waals surface area contributed by atoms with Gasteiger partial charge in [0.25, 0.3) is 0 Å². The zero-order valence-electron chi connectivity index (χ0n) is 10.6. The van der Waals surface area contributed by atoms with Crippen molar-refractivity contribution in [3.8, 4) is 11.8 Å². The maximum atomic E-state index is 12.7. The molecule has 0 spiro atoms. The van der Waals surface area contributed by atoms with Crippen molar-refractivity contribution in [1.82, 2.24) is 10.4 Å². The summed E-state index contributed by atoms with van der Waals surface area (Å²) in [5.41, 5.74) is 5.82. The number of nitrogens with zero attached hydrogens (tertiary/aromatic N) is 1. The lowest BCUT2D eigenvalue weighted by atomic mass is 10.2. The van der Waals surface area contributed by atoms with Crippen molar-refractivity contribution >= 4 is 6.03 Å². The minimum absolute atomic E-state index is 0.271. The van der Waals surface area contributed by atoms with Crippen molar-refractivity contribution in [2.75, 3.05) is 6.54 Å². The number of hydrogen-bond acceptors (Lipinski definition) is 3. The first-order valence-corrected chi connectivity index (χ1v) is 5.72. The van der Waals surface area contributed by atoms with Gasteiger partial charge in [0.15, 0.2) is 0 Å². The molecule has 0 heterocycles. The van der Waals surface area contributed by atoms with Gasteiger partial charge in [-0.3, -0.25) is 5.21 Å². The van der Waals surface area contributed by atoms with Crippen molar-refractivity contribution < 1.29 is 14.4 Å². The second-order valence-corrected chi connectivity index (χ2v) is 3.91. The molecular weight excluding hydrogens is 249 g/mol. The molecule has 0 bridgehead atoms. The average Bonchev–Trinajstić information content (AvgIpc) is 2.39. The first kappa shape index (κ1) is 15.0. The molecule has 0 radical (unpaired) electrons. The summed E-state index contributed by atoms with van der Waals surface area (Å²) in [4.78, 5) is 10.6. The molecule has 1 rings (SSSR count). The van der Waals surface area contributed by atoms with E-state index in [1.54, 1.807) is 19.1 Å². The van der Waals surface area contributed by atoms with Gasteiger partial charge in [-0.1, -0.05) is 24.0 Å². The molecule has 1 aromatic carbocycles. The van der Waals surface area contributed by atoms with Crippen LogP contribution in [0.3, 0.4) is 0 Å². The Bertz CT molecular complexity index is 479. The molecule has 0 saturated carbocycles. The quantitative estimate of drug-likeness (QED) is 0.330. The maximum absolute atomic E-state index is 12.7. The highest BCUT2D eigenvalue weighted by molar-refractivity contribution is 5.71. The van der Waals surface area contributed by atoms with Crippen LogP contribution in [0.4, 0.5) is 9.18 Å². The fourth-order valence-electron chi connectivity index (χ4n) is 1.32. The lowest BCUT2D eigenvalue weighted by molar-refractivity contribution is -0.0536. The van der Waals surface area contributed by atoms with Crippen LogP contribution < -0.4 is 11.1 Å². The minimum Gasteiger partial charge on any atom is -0.350 e. The monoisotopic (exact) mass is 265 g/mol. The second kappa shape index (κ2) is 7.36. The summed E-state index contributed by atoms with van der Waals surface area (Å²) in [6, 6.07) is 4.54. The Balaban J connectivity index is 2.31. The van der Waals surface area contributed by atoms with E-state index < -0.39 is 12.1 Å². The Kier molecular flexibility index (Phi) is 5.79. The van der Waals surface area contributed by atoms with E-state index in [-0.39, 0.29) is 5.82 Å². The minimum atomic E-state index is -0.943. The van der Waals surface area contributed by atoms with Gasteiger partial charge >= 0.3 is 6.03 Å². The van der Waals surface area contributed by atoms with Crippen molar-refractivity contribution in [1.29, 1.82) is 0 Å². The molecule has 0 fully saturated rings. The molecule has 0 aliphatic rings. The second-order valence-electron chi connectivity index (χ2n) is 3.91. The third kappa shape index (κ3) is 5.38. The Hall–Kier alpha value is -2.10. The highest BCUT2D eigenvalue weighted by atomic mass is 19.1. The molecule has 0 aliphatic carbocycles. The first-order valence-electron chi connectivity index (χ1n) is 5.72. The predicted octanol–water partition coefficient (Wildman–Crippen LogP) is 1.08. The van der Waals surface area contributed by atoms with Crippen molar-refractivity contribution in [3.05, 3.63) is 35.6 Å². The van der Waals surface area contributed by atoms with E-state index in [4.69, 9.17) is 10.9 Å². The number of primary amides is 1. The van der Waals surface area contributed by atoms with E-state index in [2.05, 4.69) is 17.2 Å². The van der Waals surface area contributed by atoms with Crippen LogP contribution in [0.2, 0.25) is 0 Å². The molecule has 0 saturated heterocycles. The smallest absolute Gasteiger partial charge is 0.339 e. The highest BCUT2D eigenvalue weighted by Gasteiger charge is 2.11. The number of carbonyl (C=O) groups is 1. The van der Waals surface area contributed by atoms with Gasteiger partial charge in [-0.15, -0.1) is 0 Å². The number of benzene rings is 1. The Morgan fingerprint density at radius 2 is 2.16 bits per heavy atom. The Morgan fingerprint density at radius 3 is 2.74 bits per heavy atom. The summed E-state index contributed by atoms with van der Waals surface area (Å²) < 4.78 is 12.7. The summed E-state index contributed by atoms with van der Waals surface area (Å²) in [5, 5.41) is 12.6. The Morgan fingerprint density at radius 1 is 1.53 bits per heavy atom. The van der Waals surface area contributed by atoms with Crippen LogP contribution in [0.15, 0.2) is 24.3 Å². The predicted molar refractivity (Wildman–Crippen MR) is 68.6 cm³/mol. The van der Waals surface area contributed by atoms with Gasteiger partial charge < -0.3 is 11.1 Å². The van der Waals surface area contributed by atoms with Gasteiger partial charge in [0, 0.05) is 6.54 Å². The number of nitrogens with one attached hydrogen (secondary N) is 1. The number of hydrogen-bond donors (Lipinski definition) is 3. The summed E-state index contributed by atoms with van der Waals surface area (Å²) in [6.45, 7) is 2.49. The summed E-state index contributed by atoms with van der Waals surface area (Å²) in [6.07, 6.45) is 0. The van der Waals surface area contributed by atoms with Crippen molar-refractivity contribution in [2.45, 2.75) is 19.5 Å². The largest absolute Gasteiger partial charge is 0.350 e. The van der Waals surface area contributed by atoms with E-state index in [9.17, 15) is 9.18 Å². The number of hydroxylamine groups is 2. The molecule has 2 amide bonds. The molecule has 1 unspecified atom stereocenters. The number of amides is 2. The van der Waals surface area contributed by atoms with E-state index in [1.165, 1.54) is 12.1 Å². The van der Waals surface area contributed by atoms with Crippen molar-refractivity contribution in [2.24, 2.45) is 5.73 Å². The van der Waals surface area contributed by atoms with Gasteiger partial charge in [-0.2, -0.15) is 5.06 Å². The number of nitrogens with two attached hydrogens (primary N) is 1. The fraction of sp³-hybridized carbons (Fsp3) is 0.308. The maximum Gasteiger partial charge on any atom is 0.339 e. The van der Waals surface area contributed by atoms with Gasteiger partial charge in [0.05, 0.1) is 6.54 Å². The summed E-state index contributed by atoms with van der Waals surface area (Å²) >= 11 is 0. The molecule has 5 nitrogen and oxygen atoms in total. The highest BCUT2D eigenvalue weighted by Crippen LogP contribution is 2.01. The van der Waals surface area contributed by atoms with Crippen LogP contribution in [0.25, 0.3) is 0 Å². The molecule has 0 aliphatic heterocycles. The van der Waals surface area contributed by atoms with Crippen LogP contribution >= 0.6 is 0 Å². The van der Waals surface area contributed by atoms with E-state index in [0.29, 0.717) is 18.2 Å². The molecule has 4 N–H and O–H groups in total. The number of halogens is 1. The molecule has 1 aromatic rings. The van der Waals surface area contributed by atoms with Crippen LogP contribution in [-0.4, -0.2) is 28.9 Å². The number of rotatable bonds is 4. The molecular formula is C13H16FN3O2. The SMILES string of the molecule is CC(C#CCNCc1ccc(F)cc1)N(O)C(N)=O. The van der Waals surface area contributed by atoms with Crippen LogP contribution in [0, 0.1) is 17.7 Å². The molecule has 19 heavy (non-hydrogen) atoms. The molecule has 1 atom stereocenters. The topological polar surface area (TPSA) is 78.6 Å². The van der Waals surface area contributed by atoms with Crippen LogP contribution in [0.1, 0.15) is 12.5 Å².